The standard InChI is InChI=1S/C13H15N5O3/c1-9(8-18-6-2-5-15-18)16-13(21)17-10-3-4-11(12(19)20)14-7-10/h2-7,9H,8H2,1H3,(H,19,20)(H2,16,17,21). The molecule has 0 saturated carbocycles. The maximum Gasteiger partial charge on any atom is 0.354 e. The number of carbonyl (C=O) groups is 2. The Labute approximate surface area is 120 Å². The minimum Gasteiger partial charge on any atom is -0.477 e. The van der Waals surface area contributed by atoms with Gasteiger partial charge in [0.25, 0.3) is 0 Å². The van der Waals surface area contributed by atoms with Crippen LogP contribution in [0, 0.1) is 0 Å². The number of hydrogen-bond donors (Lipinski definition) is 3. The van der Waals surface area contributed by atoms with E-state index < -0.39 is 5.97 Å². The van der Waals surface area contributed by atoms with Crippen LogP contribution < -0.4 is 10.6 Å². The lowest BCUT2D eigenvalue weighted by atomic mass is 10.3. The maximum atomic E-state index is 11.8. The predicted molar refractivity (Wildman–Crippen MR) is 75.0 cm³/mol. The average Bonchev–Trinajstić information content (AvgIpc) is 2.91. The summed E-state index contributed by atoms with van der Waals surface area (Å²) in [5.41, 5.74) is 0.344. The fraction of sp³-hybridized carbons (Fsp3) is 0.231. The molecule has 0 radical (unpaired) electrons. The lowest BCUT2D eigenvalue weighted by molar-refractivity contribution is 0.0690. The second-order valence-corrected chi connectivity index (χ2v) is 4.46. The Bertz CT molecular complexity index is 609. The molecule has 0 aliphatic carbocycles. The molecule has 8 heteroatoms. The number of nitrogens with zero attached hydrogens (tertiary/aromatic N) is 3. The van der Waals surface area contributed by atoms with E-state index in [1.165, 1.54) is 18.3 Å². The molecule has 2 aromatic heterocycles. The van der Waals surface area contributed by atoms with Crippen LogP contribution in [0.15, 0.2) is 36.8 Å². The largest absolute Gasteiger partial charge is 0.477 e. The number of urea groups is 1. The van der Waals surface area contributed by atoms with Gasteiger partial charge in [-0.15, -0.1) is 0 Å². The van der Waals surface area contributed by atoms with Crippen LogP contribution in [0.2, 0.25) is 0 Å². The van der Waals surface area contributed by atoms with Crippen molar-refractivity contribution >= 4 is 17.7 Å². The van der Waals surface area contributed by atoms with Crippen molar-refractivity contribution in [3.63, 3.8) is 0 Å². The van der Waals surface area contributed by atoms with E-state index in [1.54, 1.807) is 10.9 Å². The van der Waals surface area contributed by atoms with Crippen LogP contribution in [0.5, 0.6) is 0 Å². The topological polar surface area (TPSA) is 109 Å². The highest BCUT2D eigenvalue weighted by atomic mass is 16.4. The molecule has 2 heterocycles. The van der Waals surface area contributed by atoms with Crippen molar-refractivity contribution in [2.75, 3.05) is 5.32 Å². The van der Waals surface area contributed by atoms with Crippen molar-refractivity contribution in [3.05, 3.63) is 42.5 Å². The fourth-order valence-corrected chi connectivity index (χ4v) is 1.72. The third-order valence-corrected chi connectivity index (χ3v) is 2.64. The summed E-state index contributed by atoms with van der Waals surface area (Å²) < 4.78 is 1.72. The number of rotatable bonds is 5. The van der Waals surface area contributed by atoms with Gasteiger partial charge in [-0.25, -0.2) is 14.6 Å². The van der Waals surface area contributed by atoms with Gasteiger partial charge in [0.1, 0.15) is 5.69 Å². The van der Waals surface area contributed by atoms with Crippen molar-refractivity contribution in [1.82, 2.24) is 20.1 Å². The molecule has 8 nitrogen and oxygen atoms in total. The number of carboxylic acid groups (broad SMARTS) is 1. The van der Waals surface area contributed by atoms with Crippen LogP contribution in [0.4, 0.5) is 10.5 Å². The van der Waals surface area contributed by atoms with Crippen LogP contribution >= 0.6 is 0 Å². The second-order valence-electron chi connectivity index (χ2n) is 4.46. The summed E-state index contributed by atoms with van der Waals surface area (Å²) in [5, 5.41) is 18.1. The highest BCUT2D eigenvalue weighted by molar-refractivity contribution is 5.90. The van der Waals surface area contributed by atoms with Crippen molar-refractivity contribution < 1.29 is 14.7 Å². The van der Waals surface area contributed by atoms with Gasteiger partial charge in [0.05, 0.1) is 18.4 Å². The molecule has 3 N–H and O–H groups in total. The summed E-state index contributed by atoms with van der Waals surface area (Å²) in [7, 11) is 0. The van der Waals surface area contributed by atoms with Crippen molar-refractivity contribution in [3.8, 4) is 0 Å². The smallest absolute Gasteiger partial charge is 0.354 e. The number of carbonyl (C=O) groups excluding carboxylic acids is 1. The number of carboxylic acids is 1. The third kappa shape index (κ3) is 4.30. The van der Waals surface area contributed by atoms with Gasteiger partial charge in [-0.3, -0.25) is 4.68 Å². The van der Waals surface area contributed by atoms with Crippen molar-refractivity contribution in [1.29, 1.82) is 0 Å². The summed E-state index contributed by atoms with van der Waals surface area (Å²) in [6.07, 6.45) is 4.77. The van der Waals surface area contributed by atoms with Crippen LogP contribution in [0.25, 0.3) is 0 Å². The fourth-order valence-electron chi connectivity index (χ4n) is 1.72. The predicted octanol–water partition coefficient (Wildman–Crippen LogP) is 1.19. The zero-order valence-corrected chi connectivity index (χ0v) is 11.4. The van der Waals surface area contributed by atoms with Gasteiger partial charge < -0.3 is 15.7 Å². The number of aromatic nitrogens is 3. The quantitative estimate of drug-likeness (QED) is 0.766. The van der Waals surface area contributed by atoms with Gasteiger partial charge in [0, 0.05) is 18.4 Å². The molecule has 1 atom stereocenters. The van der Waals surface area contributed by atoms with E-state index in [2.05, 4.69) is 20.7 Å². The van der Waals surface area contributed by atoms with Crippen LogP contribution in [0.3, 0.4) is 0 Å². The van der Waals surface area contributed by atoms with E-state index in [4.69, 9.17) is 5.11 Å². The van der Waals surface area contributed by atoms with Gasteiger partial charge in [-0.1, -0.05) is 0 Å². The molecule has 2 amide bonds. The number of aromatic carboxylic acids is 1. The summed E-state index contributed by atoms with van der Waals surface area (Å²) in [6.45, 7) is 2.41. The molecular weight excluding hydrogens is 274 g/mol. The first-order valence-corrected chi connectivity index (χ1v) is 6.29. The first kappa shape index (κ1) is 14.5. The SMILES string of the molecule is CC(Cn1cccn1)NC(=O)Nc1ccc(C(=O)O)nc1. The van der Waals surface area contributed by atoms with Crippen LogP contribution in [-0.2, 0) is 6.54 Å². The van der Waals surface area contributed by atoms with Gasteiger partial charge >= 0.3 is 12.0 Å². The molecule has 0 fully saturated rings. The molecule has 0 spiro atoms. The molecule has 110 valence electrons. The van der Waals surface area contributed by atoms with E-state index in [-0.39, 0.29) is 17.8 Å². The Morgan fingerprint density at radius 1 is 1.43 bits per heavy atom. The van der Waals surface area contributed by atoms with Gasteiger partial charge in [0.2, 0.25) is 0 Å². The molecular formula is C13H15N5O3. The molecule has 2 aromatic rings. The number of hydrogen-bond acceptors (Lipinski definition) is 4. The van der Waals surface area contributed by atoms with Crippen molar-refractivity contribution in [2.24, 2.45) is 0 Å². The molecule has 0 aliphatic heterocycles. The molecule has 0 bridgehead atoms. The normalized spacial score (nSPS) is 11.7. The summed E-state index contributed by atoms with van der Waals surface area (Å²) in [5.74, 6) is -1.11. The van der Waals surface area contributed by atoms with E-state index in [0.717, 1.165) is 0 Å². The zero-order valence-electron chi connectivity index (χ0n) is 11.4. The summed E-state index contributed by atoms with van der Waals surface area (Å²) in [6, 6.07) is 4.11. The Balaban J connectivity index is 1.84. The van der Waals surface area contributed by atoms with E-state index in [0.29, 0.717) is 12.2 Å². The second kappa shape index (κ2) is 6.51. The van der Waals surface area contributed by atoms with Gasteiger partial charge in [-0.05, 0) is 25.1 Å². The Morgan fingerprint density at radius 2 is 2.24 bits per heavy atom. The lowest BCUT2D eigenvalue weighted by Gasteiger charge is -2.14. The first-order valence-electron chi connectivity index (χ1n) is 6.29. The monoisotopic (exact) mass is 289 g/mol. The number of anilines is 1. The van der Waals surface area contributed by atoms with E-state index in [9.17, 15) is 9.59 Å². The van der Waals surface area contributed by atoms with Crippen LogP contribution in [0.1, 0.15) is 17.4 Å². The molecule has 0 aliphatic rings. The zero-order chi connectivity index (χ0) is 15.2. The lowest BCUT2D eigenvalue weighted by Crippen LogP contribution is -2.38. The Hall–Kier alpha value is -2.90. The maximum absolute atomic E-state index is 11.8. The van der Waals surface area contributed by atoms with E-state index in [1.807, 2.05) is 19.2 Å². The summed E-state index contributed by atoms with van der Waals surface area (Å²) in [4.78, 5) is 26.2. The highest BCUT2D eigenvalue weighted by Crippen LogP contribution is 2.06. The molecule has 2 rings (SSSR count). The highest BCUT2D eigenvalue weighted by Gasteiger charge is 2.09. The molecule has 1 unspecified atom stereocenters. The Kier molecular flexibility index (Phi) is 4.50. The number of amides is 2. The molecule has 21 heavy (non-hydrogen) atoms. The minimum absolute atomic E-state index is 0.0759. The molecule has 0 saturated heterocycles. The van der Waals surface area contributed by atoms with Gasteiger partial charge in [0.15, 0.2) is 0 Å². The van der Waals surface area contributed by atoms with Gasteiger partial charge in [-0.2, -0.15) is 5.10 Å². The number of pyridine rings is 1. The third-order valence-electron chi connectivity index (χ3n) is 2.64. The minimum atomic E-state index is -1.11. The summed E-state index contributed by atoms with van der Waals surface area (Å²) >= 11 is 0. The van der Waals surface area contributed by atoms with E-state index >= 15 is 0 Å². The Morgan fingerprint density at radius 3 is 2.81 bits per heavy atom. The number of nitrogens with one attached hydrogen (secondary N) is 2. The average molecular weight is 289 g/mol. The van der Waals surface area contributed by atoms with Crippen molar-refractivity contribution in [2.45, 2.75) is 19.5 Å². The molecule has 0 aromatic carbocycles. The van der Waals surface area contributed by atoms with Crippen LogP contribution in [-0.4, -0.2) is 37.9 Å². The first-order chi connectivity index (χ1) is 10.0.